The quantitative estimate of drug-likeness (QED) is 0.753. The van der Waals surface area contributed by atoms with Gasteiger partial charge in [0.15, 0.2) is 4.93 Å². The zero-order valence-corrected chi connectivity index (χ0v) is 15.1. The molecule has 0 aliphatic carbocycles. The standard InChI is InChI=1S/C17H17Cl2NO2S/c1-17(22-2,16(20)21)23-15(11-3-7-13(18)8-4-11)12-5-9-14(19)10-6-12/h3-10,15H,1-2H3,(H2,20,21). The Labute approximate surface area is 150 Å². The Morgan fingerprint density at radius 1 is 1.04 bits per heavy atom. The van der Waals surface area contributed by atoms with Crippen molar-refractivity contribution in [3.8, 4) is 0 Å². The maximum Gasteiger partial charge on any atom is 0.259 e. The van der Waals surface area contributed by atoms with Crippen LogP contribution in [-0.4, -0.2) is 18.0 Å². The van der Waals surface area contributed by atoms with Gasteiger partial charge in [0.25, 0.3) is 5.91 Å². The molecular formula is C17H17Cl2NO2S. The molecule has 23 heavy (non-hydrogen) atoms. The number of carbonyl (C=O) groups excluding carboxylic acids is 1. The van der Waals surface area contributed by atoms with Gasteiger partial charge in [-0.1, -0.05) is 47.5 Å². The fourth-order valence-electron chi connectivity index (χ4n) is 2.04. The summed E-state index contributed by atoms with van der Waals surface area (Å²) in [5, 5.41) is 1.15. The smallest absolute Gasteiger partial charge is 0.259 e. The van der Waals surface area contributed by atoms with Crippen LogP contribution in [0.1, 0.15) is 23.3 Å². The Kier molecular flexibility index (Phi) is 5.98. The number of methoxy groups -OCH3 is 1. The molecule has 2 N–H and O–H groups in total. The fourth-order valence-corrected chi connectivity index (χ4v) is 3.54. The van der Waals surface area contributed by atoms with Crippen molar-refractivity contribution in [2.45, 2.75) is 17.1 Å². The number of ether oxygens (including phenoxy) is 1. The van der Waals surface area contributed by atoms with Crippen LogP contribution in [0.2, 0.25) is 10.0 Å². The highest BCUT2D eigenvalue weighted by Gasteiger charge is 2.36. The Morgan fingerprint density at radius 2 is 1.43 bits per heavy atom. The maximum atomic E-state index is 11.8. The molecule has 0 fully saturated rings. The molecule has 0 spiro atoms. The topological polar surface area (TPSA) is 52.3 Å². The lowest BCUT2D eigenvalue weighted by Crippen LogP contribution is -2.40. The van der Waals surface area contributed by atoms with Crippen molar-refractivity contribution in [3.05, 3.63) is 69.7 Å². The second kappa shape index (κ2) is 7.58. The first-order valence-electron chi connectivity index (χ1n) is 6.89. The first kappa shape index (κ1) is 18.1. The molecule has 0 aliphatic rings. The lowest BCUT2D eigenvalue weighted by Gasteiger charge is -2.29. The van der Waals surface area contributed by atoms with Crippen LogP contribution in [0.25, 0.3) is 0 Å². The molecule has 1 unspecified atom stereocenters. The van der Waals surface area contributed by atoms with E-state index in [2.05, 4.69) is 0 Å². The molecule has 2 rings (SSSR count). The fraction of sp³-hybridized carbons (Fsp3) is 0.235. The molecule has 2 aromatic rings. The number of rotatable bonds is 6. The van der Waals surface area contributed by atoms with E-state index in [4.69, 9.17) is 33.7 Å². The summed E-state index contributed by atoms with van der Waals surface area (Å²) in [6, 6.07) is 14.9. The molecule has 122 valence electrons. The van der Waals surface area contributed by atoms with Crippen molar-refractivity contribution < 1.29 is 9.53 Å². The van der Waals surface area contributed by atoms with Crippen molar-refractivity contribution in [3.63, 3.8) is 0 Å². The molecule has 0 radical (unpaired) electrons. The number of hydrogen-bond acceptors (Lipinski definition) is 3. The number of hydrogen-bond donors (Lipinski definition) is 1. The van der Waals surface area contributed by atoms with Crippen LogP contribution in [0.5, 0.6) is 0 Å². The summed E-state index contributed by atoms with van der Waals surface area (Å²) >= 11 is 13.3. The second-order valence-corrected chi connectivity index (χ2v) is 7.47. The molecule has 0 saturated carbocycles. The van der Waals surface area contributed by atoms with Gasteiger partial charge in [0.1, 0.15) is 0 Å². The van der Waals surface area contributed by atoms with Gasteiger partial charge >= 0.3 is 0 Å². The summed E-state index contributed by atoms with van der Waals surface area (Å²) < 4.78 is 5.36. The lowest BCUT2D eigenvalue weighted by molar-refractivity contribution is -0.129. The molecule has 0 aromatic heterocycles. The number of primary amides is 1. The zero-order valence-electron chi connectivity index (χ0n) is 12.8. The van der Waals surface area contributed by atoms with Gasteiger partial charge in [-0.25, -0.2) is 0 Å². The summed E-state index contributed by atoms with van der Waals surface area (Å²) in [5.74, 6) is -0.530. The number of nitrogens with two attached hydrogens (primary N) is 1. The van der Waals surface area contributed by atoms with E-state index in [-0.39, 0.29) is 5.25 Å². The van der Waals surface area contributed by atoms with Crippen LogP contribution >= 0.6 is 35.0 Å². The van der Waals surface area contributed by atoms with E-state index in [1.165, 1.54) is 18.9 Å². The Balaban J connectivity index is 2.44. The predicted octanol–water partition coefficient (Wildman–Crippen LogP) is 4.66. The molecule has 2 aromatic carbocycles. The highest BCUT2D eigenvalue weighted by atomic mass is 35.5. The normalized spacial score (nSPS) is 13.8. The van der Waals surface area contributed by atoms with E-state index in [1.807, 2.05) is 48.5 Å². The van der Waals surface area contributed by atoms with Crippen LogP contribution in [0.15, 0.2) is 48.5 Å². The number of thioether (sulfide) groups is 1. The summed E-state index contributed by atoms with van der Waals surface area (Å²) in [7, 11) is 1.47. The second-order valence-electron chi connectivity index (χ2n) is 5.12. The molecular weight excluding hydrogens is 353 g/mol. The first-order chi connectivity index (χ1) is 10.9. The van der Waals surface area contributed by atoms with E-state index in [1.54, 1.807) is 6.92 Å². The van der Waals surface area contributed by atoms with Crippen molar-refractivity contribution >= 4 is 40.9 Å². The van der Waals surface area contributed by atoms with Gasteiger partial charge in [0, 0.05) is 17.2 Å². The minimum Gasteiger partial charge on any atom is -0.366 e. The monoisotopic (exact) mass is 369 g/mol. The summed E-state index contributed by atoms with van der Waals surface area (Å²) in [5.41, 5.74) is 7.49. The number of halogens is 2. The van der Waals surface area contributed by atoms with Crippen LogP contribution < -0.4 is 5.73 Å². The van der Waals surface area contributed by atoms with Gasteiger partial charge in [-0.05, 0) is 42.3 Å². The van der Waals surface area contributed by atoms with Gasteiger partial charge in [0.2, 0.25) is 0 Å². The number of carbonyl (C=O) groups is 1. The number of benzene rings is 2. The van der Waals surface area contributed by atoms with E-state index in [0.29, 0.717) is 10.0 Å². The summed E-state index contributed by atoms with van der Waals surface area (Å²) in [6.45, 7) is 1.67. The van der Waals surface area contributed by atoms with Crippen LogP contribution in [-0.2, 0) is 9.53 Å². The van der Waals surface area contributed by atoms with Crippen molar-refractivity contribution in [1.82, 2.24) is 0 Å². The maximum absolute atomic E-state index is 11.8. The number of amides is 1. The zero-order chi connectivity index (χ0) is 17.0. The molecule has 6 heteroatoms. The first-order valence-corrected chi connectivity index (χ1v) is 8.53. The third-order valence-corrected chi connectivity index (χ3v) is 5.63. The largest absolute Gasteiger partial charge is 0.366 e. The van der Waals surface area contributed by atoms with Gasteiger partial charge in [-0.2, -0.15) is 0 Å². The van der Waals surface area contributed by atoms with E-state index in [9.17, 15) is 4.79 Å². The average Bonchev–Trinajstić information content (AvgIpc) is 2.54. The van der Waals surface area contributed by atoms with Crippen molar-refractivity contribution in [1.29, 1.82) is 0 Å². The van der Waals surface area contributed by atoms with Gasteiger partial charge in [-0.3, -0.25) is 4.79 Å². The lowest BCUT2D eigenvalue weighted by atomic mass is 10.0. The van der Waals surface area contributed by atoms with Gasteiger partial charge in [-0.15, -0.1) is 11.8 Å². The van der Waals surface area contributed by atoms with Crippen LogP contribution in [0, 0.1) is 0 Å². The highest BCUT2D eigenvalue weighted by Crippen LogP contribution is 2.44. The minimum absolute atomic E-state index is 0.151. The molecule has 0 saturated heterocycles. The SMILES string of the molecule is COC(C)(SC(c1ccc(Cl)cc1)c1ccc(Cl)cc1)C(N)=O. The summed E-state index contributed by atoms with van der Waals surface area (Å²) in [4.78, 5) is 10.6. The molecule has 3 nitrogen and oxygen atoms in total. The summed E-state index contributed by atoms with van der Waals surface area (Å²) in [6.07, 6.45) is 0. The van der Waals surface area contributed by atoms with Crippen LogP contribution in [0.4, 0.5) is 0 Å². The molecule has 0 aliphatic heterocycles. The van der Waals surface area contributed by atoms with E-state index in [0.717, 1.165) is 11.1 Å². The minimum atomic E-state index is -1.15. The van der Waals surface area contributed by atoms with Gasteiger partial charge in [0.05, 0.1) is 5.25 Å². The molecule has 0 heterocycles. The van der Waals surface area contributed by atoms with E-state index >= 15 is 0 Å². The van der Waals surface area contributed by atoms with Crippen molar-refractivity contribution in [2.75, 3.05) is 7.11 Å². The molecule has 1 amide bonds. The molecule has 1 atom stereocenters. The third kappa shape index (κ3) is 4.42. The van der Waals surface area contributed by atoms with E-state index < -0.39 is 10.8 Å². The third-order valence-electron chi connectivity index (χ3n) is 3.53. The molecule has 0 bridgehead atoms. The highest BCUT2D eigenvalue weighted by molar-refractivity contribution is 8.01. The van der Waals surface area contributed by atoms with Crippen LogP contribution in [0.3, 0.4) is 0 Å². The Morgan fingerprint density at radius 3 is 1.74 bits per heavy atom. The predicted molar refractivity (Wildman–Crippen MR) is 96.9 cm³/mol. The Hall–Kier alpha value is -1.20. The average molecular weight is 370 g/mol. The van der Waals surface area contributed by atoms with Crippen molar-refractivity contribution in [2.24, 2.45) is 5.73 Å². The van der Waals surface area contributed by atoms with Gasteiger partial charge < -0.3 is 10.5 Å². The Bertz CT molecular complexity index is 630.